The number of carbonyl (C=O) groups is 1. The van der Waals surface area contributed by atoms with Crippen LogP contribution >= 0.6 is 0 Å². The van der Waals surface area contributed by atoms with E-state index in [0.29, 0.717) is 13.2 Å². The van der Waals surface area contributed by atoms with Crippen LogP contribution in [-0.2, 0) is 16.1 Å². The van der Waals surface area contributed by atoms with Crippen LogP contribution in [0.25, 0.3) is 11.0 Å². The Hall–Kier alpha value is -3.52. The quantitative estimate of drug-likeness (QED) is 0.290. The molecule has 0 radical (unpaired) electrons. The van der Waals surface area contributed by atoms with E-state index in [0.717, 1.165) is 87.2 Å². The Bertz CT molecular complexity index is 1340. The maximum atomic E-state index is 13.9. The van der Waals surface area contributed by atoms with Crippen molar-refractivity contribution in [3.05, 3.63) is 76.9 Å². The highest BCUT2D eigenvalue weighted by Crippen LogP contribution is 2.39. The number of aryl methyl sites for hydroxylation is 1. The summed E-state index contributed by atoms with van der Waals surface area (Å²) < 4.78 is 7.23. The smallest absolute Gasteiger partial charge is 0.326 e. The molecule has 3 aromatic rings. The third-order valence-corrected chi connectivity index (χ3v) is 8.49. The van der Waals surface area contributed by atoms with Crippen molar-refractivity contribution in [2.75, 3.05) is 44.9 Å². The predicted octanol–water partition coefficient (Wildman–Crippen LogP) is 4.58. The molecule has 8 nitrogen and oxygen atoms in total. The number of likely N-dealkylation sites (tertiary alicyclic amines) is 1. The number of H-pyrrole nitrogens is 1. The number of hydrogen-bond acceptors (Lipinski definition) is 5. The zero-order valence-electron chi connectivity index (χ0n) is 23.3. The number of aromatic nitrogens is 2. The number of nitrogens with zero attached hydrogens (tertiary/aromatic N) is 4. The van der Waals surface area contributed by atoms with Crippen molar-refractivity contribution in [1.82, 2.24) is 19.4 Å². The van der Waals surface area contributed by atoms with Gasteiger partial charge in [-0.25, -0.2) is 4.79 Å². The Labute approximate surface area is 230 Å². The summed E-state index contributed by atoms with van der Waals surface area (Å²) in [6, 6.07) is 18.2. The van der Waals surface area contributed by atoms with Gasteiger partial charge in [-0.15, -0.1) is 0 Å². The first-order chi connectivity index (χ1) is 19.1. The molecule has 2 aliphatic heterocycles. The van der Waals surface area contributed by atoms with Gasteiger partial charge in [0, 0.05) is 38.3 Å². The Morgan fingerprint density at radius 3 is 2.44 bits per heavy atom. The van der Waals surface area contributed by atoms with Gasteiger partial charge in [0.15, 0.2) is 0 Å². The van der Waals surface area contributed by atoms with E-state index in [2.05, 4.69) is 43.9 Å². The normalized spacial score (nSPS) is 18.0. The average Bonchev–Trinajstić information content (AvgIpc) is 3.43. The van der Waals surface area contributed by atoms with E-state index in [1.165, 1.54) is 0 Å². The van der Waals surface area contributed by atoms with Crippen molar-refractivity contribution < 1.29 is 9.53 Å². The summed E-state index contributed by atoms with van der Waals surface area (Å²) in [7, 11) is 1.72. The first-order valence-corrected chi connectivity index (χ1v) is 14.3. The lowest BCUT2D eigenvalue weighted by molar-refractivity contribution is -0.133. The fraction of sp³-hybridized carbons (Fsp3) is 0.484. The van der Waals surface area contributed by atoms with Gasteiger partial charge in [-0.2, -0.15) is 0 Å². The van der Waals surface area contributed by atoms with Crippen LogP contribution in [0.3, 0.4) is 0 Å². The Morgan fingerprint density at radius 2 is 1.69 bits per heavy atom. The second-order valence-corrected chi connectivity index (χ2v) is 10.7. The molecular weight excluding hydrogens is 490 g/mol. The van der Waals surface area contributed by atoms with Gasteiger partial charge in [0.05, 0.1) is 30.6 Å². The molecule has 1 spiro atoms. The molecule has 0 atom stereocenters. The van der Waals surface area contributed by atoms with Crippen LogP contribution in [0.15, 0.2) is 71.2 Å². The molecule has 5 rings (SSSR count). The van der Waals surface area contributed by atoms with E-state index < -0.39 is 5.54 Å². The third-order valence-electron chi connectivity index (χ3n) is 8.49. The number of carbonyl (C=O) groups excluding carboxylic acids is 1. The Balaban J connectivity index is 1.20. The van der Waals surface area contributed by atoms with Crippen LogP contribution in [0.2, 0.25) is 0 Å². The van der Waals surface area contributed by atoms with Crippen molar-refractivity contribution in [3.63, 3.8) is 0 Å². The van der Waals surface area contributed by atoms with Crippen LogP contribution in [0.4, 0.5) is 5.69 Å². The minimum atomic E-state index is -0.480. The summed E-state index contributed by atoms with van der Waals surface area (Å²) in [5, 5.41) is 0. The summed E-state index contributed by atoms with van der Waals surface area (Å²) in [4.78, 5) is 36.2. The van der Waals surface area contributed by atoms with Crippen LogP contribution < -0.4 is 10.6 Å². The van der Waals surface area contributed by atoms with Crippen molar-refractivity contribution in [1.29, 1.82) is 0 Å². The molecule has 0 bridgehead atoms. The largest absolute Gasteiger partial charge is 0.501 e. The first-order valence-electron chi connectivity index (χ1n) is 14.3. The number of ether oxygens (including phenoxy) is 1. The highest BCUT2D eigenvalue weighted by molar-refractivity contribution is 5.93. The van der Waals surface area contributed by atoms with Crippen LogP contribution in [0.5, 0.6) is 0 Å². The summed E-state index contributed by atoms with van der Waals surface area (Å²) in [6.45, 7) is 6.78. The lowest BCUT2D eigenvalue weighted by Crippen LogP contribution is -2.56. The van der Waals surface area contributed by atoms with E-state index in [1.807, 2.05) is 47.9 Å². The molecule has 1 N–H and O–H groups in total. The summed E-state index contributed by atoms with van der Waals surface area (Å²) in [5.74, 6) is 1.28. The van der Waals surface area contributed by atoms with Crippen LogP contribution in [-0.4, -0.2) is 70.8 Å². The number of para-hydroxylation sites is 3. The van der Waals surface area contributed by atoms with Crippen LogP contribution in [0, 0.1) is 0 Å². The number of rotatable bonds is 11. The molecule has 208 valence electrons. The lowest BCUT2D eigenvalue weighted by Gasteiger charge is -2.43. The van der Waals surface area contributed by atoms with Crippen molar-refractivity contribution in [2.24, 2.45) is 0 Å². The minimum absolute atomic E-state index is 0.0481. The van der Waals surface area contributed by atoms with E-state index in [1.54, 1.807) is 7.11 Å². The zero-order valence-corrected chi connectivity index (χ0v) is 23.3. The predicted molar refractivity (Wildman–Crippen MR) is 156 cm³/mol. The number of amides is 1. The van der Waals surface area contributed by atoms with Gasteiger partial charge in [0.1, 0.15) is 5.54 Å². The SMILES string of the molecule is CC=C(CCCCN1CN(c2ccccc2)C2(CCN(CCCn3c(=O)[nH]c4ccccc43)CC2)C1=O)OC. The molecule has 1 amide bonds. The summed E-state index contributed by atoms with van der Waals surface area (Å²) in [6.07, 6.45) is 7.41. The third kappa shape index (κ3) is 5.62. The highest BCUT2D eigenvalue weighted by Gasteiger charge is 2.53. The molecular formula is C31H41N5O3. The average molecular weight is 532 g/mol. The van der Waals surface area contributed by atoms with Crippen molar-refractivity contribution >= 4 is 22.6 Å². The fourth-order valence-corrected chi connectivity index (χ4v) is 6.27. The molecule has 2 aliphatic rings. The van der Waals surface area contributed by atoms with Gasteiger partial charge in [-0.1, -0.05) is 30.3 Å². The number of anilines is 1. The highest BCUT2D eigenvalue weighted by atomic mass is 16.5. The van der Waals surface area contributed by atoms with Crippen LogP contribution in [0.1, 0.15) is 45.4 Å². The van der Waals surface area contributed by atoms with Gasteiger partial charge in [-0.3, -0.25) is 9.36 Å². The number of methoxy groups -OCH3 is 1. The molecule has 2 aromatic carbocycles. The standard InChI is InChI=1S/C31H41N5O3/c1-3-26(39-2)14-9-10-20-34-24-36(25-12-5-4-6-13-25)31(29(34)37)17-22-33(23-18-31)19-11-21-35-28-16-8-7-15-27(28)32-30(35)38/h3-8,12-13,15-16H,9-11,14,17-24H2,1-2H3,(H,32,38). The Kier molecular flexibility index (Phi) is 8.41. The number of benzene rings is 2. The number of unbranched alkanes of at least 4 members (excludes halogenated alkanes) is 1. The lowest BCUT2D eigenvalue weighted by atomic mass is 9.85. The van der Waals surface area contributed by atoms with Crippen molar-refractivity contribution in [3.8, 4) is 0 Å². The number of hydrogen-bond donors (Lipinski definition) is 1. The number of allylic oxidation sites excluding steroid dienone is 2. The molecule has 0 unspecified atom stereocenters. The minimum Gasteiger partial charge on any atom is -0.501 e. The number of piperidine rings is 1. The van der Waals surface area contributed by atoms with Gasteiger partial charge in [0.25, 0.3) is 0 Å². The van der Waals surface area contributed by atoms with Gasteiger partial charge < -0.3 is 24.4 Å². The first kappa shape index (κ1) is 27.1. The molecule has 8 heteroatoms. The maximum Gasteiger partial charge on any atom is 0.326 e. The summed E-state index contributed by atoms with van der Waals surface area (Å²) in [5.41, 5.74) is 2.43. The molecule has 2 saturated heterocycles. The second-order valence-electron chi connectivity index (χ2n) is 10.7. The summed E-state index contributed by atoms with van der Waals surface area (Å²) >= 11 is 0. The fourth-order valence-electron chi connectivity index (χ4n) is 6.27. The molecule has 0 saturated carbocycles. The van der Waals surface area contributed by atoms with Gasteiger partial charge >= 0.3 is 5.69 Å². The van der Waals surface area contributed by atoms with E-state index in [9.17, 15) is 9.59 Å². The topological polar surface area (TPSA) is 73.8 Å². The molecule has 3 heterocycles. The van der Waals surface area contributed by atoms with Gasteiger partial charge in [-0.05, 0) is 75.9 Å². The molecule has 39 heavy (non-hydrogen) atoms. The second kappa shape index (κ2) is 12.1. The van der Waals surface area contributed by atoms with E-state index in [-0.39, 0.29) is 11.6 Å². The number of nitrogens with one attached hydrogen (secondary N) is 1. The molecule has 2 fully saturated rings. The Morgan fingerprint density at radius 1 is 0.949 bits per heavy atom. The number of imidazole rings is 1. The van der Waals surface area contributed by atoms with Crippen molar-refractivity contribution in [2.45, 2.75) is 57.5 Å². The number of fused-ring (bicyclic) bond motifs is 1. The van der Waals surface area contributed by atoms with E-state index in [4.69, 9.17) is 4.74 Å². The maximum absolute atomic E-state index is 13.9. The van der Waals surface area contributed by atoms with Gasteiger partial charge in [0.2, 0.25) is 5.91 Å². The molecule has 1 aromatic heterocycles. The molecule has 0 aliphatic carbocycles. The monoisotopic (exact) mass is 531 g/mol. The van der Waals surface area contributed by atoms with E-state index >= 15 is 0 Å². The number of aromatic amines is 1. The zero-order chi connectivity index (χ0) is 27.2.